The molecular weight excluding hydrogens is 234 g/mol. The number of carbonyl (C=O) groups excluding carboxylic acids is 1. The summed E-state index contributed by atoms with van der Waals surface area (Å²) in [5.41, 5.74) is 0. The van der Waals surface area contributed by atoms with E-state index in [0.29, 0.717) is 19.5 Å². The van der Waals surface area contributed by atoms with Crippen molar-refractivity contribution in [1.29, 1.82) is 0 Å². The van der Waals surface area contributed by atoms with E-state index in [1.807, 2.05) is 0 Å². The Bertz CT molecular complexity index is 288. The van der Waals surface area contributed by atoms with Crippen LogP contribution in [0.5, 0.6) is 0 Å². The predicted octanol–water partition coefficient (Wildman–Crippen LogP) is 0.587. The van der Waals surface area contributed by atoms with E-state index < -0.39 is 12.0 Å². The van der Waals surface area contributed by atoms with Crippen LogP contribution in [0.2, 0.25) is 0 Å². The van der Waals surface area contributed by atoms with Gasteiger partial charge in [0.25, 0.3) is 0 Å². The summed E-state index contributed by atoms with van der Waals surface area (Å²) in [6.07, 6.45) is 1.51. The van der Waals surface area contributed by atoms with Crippen LogP contribution in [0.25, 0.3) is 0 Å². The van der Waals surface area contributed by atoms with Gasteiger partial charge in [-0.05, 0) is 19.4 Å². The summed E-state index contributed by atoms with van der Waals surface area (Å²) in [5, 5.41) is 11.4. The van der Waals surface area contributed by atoms with Crippen molar-refractivity contribution in [3.8, 4) is 0 Å². The number of piperazine rings is 1. The molecule has 1 atom stereocenters. The lowest BCUT2D eigenvalue weighted by molar-refractivity contribution is -0.139. The lowest BCUT2D eigenvalue weighted by Gasteiger charge is -2.35. The first-order valence-corrected chi connectivity index (χ1v) is 6.59. The van der Waals surface area contributed by atoms with Crippen molar-refractivity contribution < 1.29 is 14.7 Å². The van der Waals surface area contributed by atoms with Gasteiger partial charge >= 0.3 is 12.0 Å². The van der Waals surface area contributed by atoms with Crippen LogP contribution in [0.1, 0.15) is 26.7 Å². The number of rotatable bonds is 5. The van der Waals surface area contributed by atoms with Gasteiger partial charge in [-0.25, -0.2) is 9.59 Å². The van der Waals surface area contributed by atoms with Crippen molar-refractivity contribution in [2.45, 2.75) is 32.7 Å². The van der Waals surface area contributed by atoms with Crippen molar-refractivity contribution in [1.82, 2.24) is 15.1 Å². The minimum atomic E-state index is -0.976. The monoisotopic (exact) mass is 257 g/mol. The molecular formula is C12H23N3O3. The van der Waals surface area contributed by atoms with Crippen LogP contribution in [-0.2, 0) is 4.79 Å². The number of nitrogens with zero attached hydrogens (tertiary/aromatic N) is 2. The van der Waals surface area contributed by atoms with Gasteiger partial charge in [-0.3, -0.25) is 4.90 Å². The maximum Gasteiger partial charge on any atom is 0.326 e. The van der Waals surface area contributed by atoms with E-state index in [1.54, 1.807) is 11.8 Å². The smallest absolute Gasteiger partial charge is 0.326 e. The first-order valence-electron chi connectivity index (χ1n) is 6.59. The highest BCUT2D eigenvalue weighted by atomic mass is 16.4. The van der Waals surface area contributed by atoms with Gasteiger partial charge in [0, 0.05) is 26.2 Å². The topological polar surface area (TPSA) is 72.9 Å². The van der Waals surface area contributed by atoms with E-state index in [9.17, 15) is 9.59 Å². The van der Waals surface area contributed by atoms with Gasteiger partial charge in [0.1, 0.15) is 6.04 Å². The lowest BCUT2D eigenvalue weighted by Crippen LogP contribution is -2.54. The summed E-state index contributed by atoms with van der Waals surface area (Å²) in [6, 6.07) is -1.05. The molecule has 2 amide bonds. The number of carboxylic acids is 1. The Morgan fingerprint density at radius 1 is 1.22 bits per heavy atom. The highest BCUT2D eigenvalue weighted by Crippen LogP contribution is 2.03. The largest absolute Gasteiger partial charge is 0.480 e. The zero-order valence-electron chi connectivity index (χ0n) is 11.2. The normalized spacial score (nSPS) is 18.4. The van der Waals surface area contributed by atoms with Gasteiger partial charge in [-0.2, -0.15) is 0 Å². The number of hydrogen-bond acceptors (Lipinski definition) is 3. The molecule has 2 N–H and O–H groups in total. The molecule has 0 bridgehead atoms. The van der Waals surface area contributed by atoms with Crippen molar-refractivity contribution in [2.75, 3.05) is 32.7 Å². The van der Waals surface area contributed by atoms with Crippen molar-refractivity contribution >= 4 is 12.0 Å². The molecule has 1 rings (SSSR count). The first kappa shape index (κ1) is 14.8. The van der Waals surface area contributed by atoms with Crippen molar-refractivity contribution in [2.24, 2.45) is 0 Å². The minimum Gasteiger partial charge on any atom is -0.480 e. The van der Waals surface area contributed by atoms with Gasteiger partial charge in [0.15, 0.2) is 0 Å². The molecule has 0 saturated carbocycles. The van der Waals surface area contributed by atoms with Crippen molar-refractivity contribution in [3.63, 3.8) is 0 Å². The van der Waals surface area contributed by atoms with Gasteiger partial charge in [0.2, 0.25) is 0 Å². The van der Waals surface area contributed by atoms with E-state index in [2.05, 4.69) is 17.1 Å². The van der Waals surface area contributed by atoms with Gasteiger partial charge in [-0.15, -0.1) is 0 Å². The highest BCUT2D eigenvalue weighted by Gasteiger charge is 2.24. The molecule has 104 valence electrons. The Labute approximate surface area is 108 Å². The number of aliphatic carboxylic acids is 1. The average Bonchev–Trinajstić information content (AvgIpc) is 2.36. The minimum absolute atomic E-state index is 0.264. The molecule has 6 nitrogen and oxygen atoms in total. The fourth-order valence-corrected chi connectivity index (χ4v) is 2.07. The Morgan fingerprint density at radius 3 is 2.28 bits per heavy atom. The third-order valence-electron chi connectivity index (χ3n) is 3.20. The fraction of sp³-hybridized carbons (Fsp3) is 0.833. The van der Waals surface area contributed by atoms with E-state index in [0.717, 1.165) is 26.1 Å². The molecule has 1 aliphatic heterocycles. The summed E-state index contributed by atoms with van der Waals surface area (Å²) >= 11 is 0. The molecule has 0 aromatic carbocycles. The van der Waals surface area contributed by atoms with Gasteiger partial charge < -0.3 is 15.3 Å². The van der Waals surface area contributed by atoms with E-state index in [1.165, 1.54) is 0 Å². The van der Waals surface area contributed by atoms with Crippen LogP contribution in [-0.4, -0.2) is 65.7 Å². The van der Waals surface area contributed by atoms with Crippen LogP contribution in [0.3, 0.4) is 0 Å². The second kappa shape index (κ2) is 7.20. The maximum absolute atomic E-state index is 11.9. The van der Waals surface area contributed by atoms with E-state index in [4.69, 9.17) is 5.11 Å². The summed E-state index contributed by atoms with van der Waals surface area (Å²) in [6.45, 7) is 8.01. The molecule has 0 spiro atoms. The van der Waals surface area contributed by atoms with Crippen LogP contribution in [0.4, 0.5) is 4.79 Å². The Morgan fingerprint density at radius 2 is 1.83 bits per heavy atom. The quantitative estimate of drug-likeness (QED) is 0.756. The third kappa shape index (κ3) is 4.18. The summed E-state index contributed by atoms with van der Waals surface area (Å²) in [4.78, 5) is 26.7. The second-order valence-corrected chi connectivity index (χ2v) is 4.58. The van der Waals surface area contributed by atoms with Crippen molar-refractivity contribution in [3.05, 3.63) is 0 Å². The van der Waals surface area contributed by atoms with E-state index in [-0.39, 0.29) is 6.03 Å². The molecule has 0 unspecified atom stereocenters. The molecule has 0 aromatic heterocycles. The molecule has 0 aromatic rings. The highest BCUT2D eigenvalue weighted by molar-refractivity contribution is 5.82. The molecule has 1 fully saturated rings. The Kier molecular flexibility index (Phi) is 5.91. The van der Waals surface area contributed by atoms with Crippen LogP contribution in [0, 0.1) is 0 Å². The summed E-state index contributed by atoms with van der Waals surface area (Å²) in [7, 11) is 0. The molecule has 0 radical (unpaired) electrons. The molecule has 0 aliphatic carbocycles. The van der Waals surface area contributed by atoms with Crippen LogP contribution < -0.4 is 5.32 Å². The number of carboxylic acid groups (broad SMARTS) is 1. The van der Waals surface area contributed by atoms with Gasteiger partial charge in [-0.1, -0.05) is 13.8 Å². The summed E-state index contributed by atoms with van der Waals surface area (Å²) < 4.78 is 0. The second-order valence-electron chi connectivity index (χ2n) is 4.58. The Balaban J connectivity index is 2.38. The predicted molar refractivity (Wildman–Crippen MR) is 68.6 cm³/mol. The number of carbonyl (C=O) groups is 2. The lowest BCUT2D eigenvalue weighted by atomic mass is 10.2. The molecule has 1 aliphatic rings. The zero-order valence-corrected chi connectivity index (χ0v) is 11.2. The molecule has 6 heteroatoms. The molecule has 18 heavy (non-hydrogen) atoms. The Hall–Kier alpha value is -1.30. The zero-order chi connectivity index (χ0) is 13.5. The summed E-state index contributed by atoms with van der Waals surface area (Å²) in [5.74, 6) is -0.976. The van der Waals surface area contributed by atoms with Gasteiger partial charge in [0.05, 0.1) is 0 Å². The SMILES string of the molecule is CCCN1CCN(C(=O)N[C@@H](CC)C(=O)O)CC1. The van der Waals surface area contributed by atoms with E-state index >= 15 is 0 Å². The number of amides is 2. The van der Waals surface area contributed by atoms with Crippen LogP contribution in [0.15, 0.2) is 0 Å². The first-order chi connectivity index (χ1) is 8.58. The fourth-order valence-electron chi connectivity index (χ4n) is 2.07. The van der Waals surface area contributed by atoms with Crippen LogP contribution >= 0.6 is 0 Å². The molecule has 1 heterocycles. The number of urea groups is 1. The third-order valence-corrected chi connectivity index (χ3v) is 3.20. The standard InChI is InChI=1S/C12H23N3O3/c1-3-5-14-6-8-15(9-7-14)12(18)13-10(4-2)11(16)17/h10H,3-9H2,1-2H3,(H,13,18)(H,16,17)/t10-/m0/s1. The maximum atomic E-state index is 11.9. The average molecular weight is 257 g/mol. The number of nitrogens with one attached hydrogen (secondary N) is 1. The molecule has 1 saturated heterocycles. The number of hydrogen-bond donors (Lipinski definition) is 2.